The number of aliphatic hydroxyl groups is 1. The average Bonchev–Trinajstić information content (AvgIpc) is 2.56. The lowest BCUT2D eigenvalue weighted by Crippen LogP contribution is -2.28. The van der Waals surface area contributed by atoms with Gasteiger partial charge in [-0.05, 0) is 35.1 Å². The minimum absolute atomic E-state index is 0.266. The molecule has 0 unspecified atom stereocenters. The van der Waals surface area contributed by atoms with Gasteiger partial charge in [0, 0.05) is 0 Å². The molecule has 2 nitrogen and oxygen atoms in total. The molecule has 1 N–H and O–H groups in total. The zero-order valence-electron chi connectivity index (χ0n) is 12.2. The highest BCUT2D eigenvalue weighted by molar-refractivity contribution is 5.86. The fraction of sp³-hybridized carbons (Fsp3) is 0.421. The van der Waals surface area contributed by atoms with E-state index in [1.165, 1.54) is 19.3 Å². The third kappa shape index (κ3) is 2.80. The van der Waals surface area contributed by atoms with Gasteiger partial charge in [-0.2, -0.15) is 5.26 Å². The Balaban J connectivity index is 1.96. The Bertz CT molecular complexity index is 647. The van der Waals surface area contributed by atoms with E-state index >= 15 is 0 Å². The molecule has 2 aromatic rings. The molecule has 21 heavy (non-hydrogen) atoms. The zero-order chi connectivity index (χ0) is 14.7. The van der Waals surface area contributed by atoms with Crippen LogP contribution in [0, 0.1) is 17.2 Å². The Morgan fingerprint density at radius 2 is 1.71 bits per heavy atom. The zero-order valence-corrected chi connectivity index (χ0v) is 12.2. The molecule has 3 rings (SSSR count). The third-order valence-corrected chi connectivity index (χ3v) is 4.77. The van der Waals surface area contributed by atoms with Crippen molar-refractivity contribution < 1.29 is 5.11 Å². The van der Waals surface area contributed by atoms with E-state index in [4.69, 9.17) is 0 Å². The fourth-order valence-electron chi connectivity index (χ4n) is 3.60. The average molecular weight is 279 g/mol. The molecular formula is C19H21NO. The van der Waals surface area contributed by atoms with Crippen LogP contribution < -0.4 is 0 Å². The van der Waals surface area contributed by atoms with Gasteiger partial charge in [0.25, 0.3) is 0 Å². The molecule has 2 heteroatoms. The predicted molar refractivity (Wildman–Crippen MR) is 84.9 cm³/mol. The van der Waals surface area contributed by atoms with Crippen molar-refractivity contribution in [1.29, 1.82) is 5.26 Å². The first-order valence-corrected chi connectivity index (χ1v) is 7.86. The maximum Gasteiger partial charge on any atom is 0.0980 e. The van der Waals surface area contributed by atoms with Crippen molar-refractivity contribution in [2.45, 2.75) is 44.1 Å². The number of hydrogen-bond donors (Lipinski definition) is 1. The van der Waals surface area contributed by atoms with Crippen LogP contribution in [0.25, 0.3) is 10.8 Å². The summed E-state index contributed by atoms with van der Waals surface area (Å²) in [5.74, 6) is -0.165. The standard InChI is InChI=1S/C19H21NO/c20-13-18(19(21)15-8-2-1-3-9-15)17-12-6-10-14-7-4-5-11-16(14)17/h4-7,10-12,15,18-19,21H,1-3,8-9H2/t18-,19-/m1/s1. The number of aliphatic hydroxyl groups excluding tert-OH is 1. The van der Waals surface area contributed by atoms with Crippen molar-refractivity contribution in [1.82, 2.24) is 0 Å². The first-order valence-electron chi connectivity index (χ1n) is 7.86. The van der Waals surface area contributed by atoms with Crippen molar-refractivity contribution in [3.05, 3.63) is 48.0 Å². The number of benzene rings is 2. The highest BCUT2D eigenvalue weighted by atomic mass is 16.3. The normalized spacial score (nSPS) is 19.0. The molecule has 0 aliphatic heterocycles. The van der Waals surface area contributed by atoms with E-state index < -0.39 is 12.0 Å². The molecule has 0 aromatic heterocycles. The van der Waals surface area contributed by atoms with Gasteiger partial charge in [-0.1, -0.05) is 61.7 Å². The van der Waals surface area contributed by atoms with Crippen molar-refractivity contribution in [3.8, 4) is 6.07 Å². The predicted octanol–water partition coefficient (Wildman–Crippen LogP) is 4.39. The maximum atomic E-state index is 10.7. The number of nitrogens with zero attached hydrogens (tertiary/aromatic N) is 1. The largest absolute Gasteiger partial charge is 0.391 e. The van der Waals surface area contributed by atoms with Crippen molar-refractivity contribution >= 4 is 10.8 Å². The van der Waals surface area contributed by atoms with Crippen molar-refractivity contribution in [3.63, 3.8) is 0 Å². The molecule has 1 saturated carbocycles. The molecule has 108 valence electrons. The van der Waals surface area contributed by atoms with Gasteiger partial charge in [0.2, 0.25) is 0 Å². The lowest BCUT2D eigenvalue weighted by Gasteiger charge is -2.29. The Labute approximate surface area is 126 Å². The van der Waals surface area contributed by atoms with Crippen LogP contribution in [-0.2, 0) is 0 Å². The van der Waals surface area contributed by atoms with Gasteiger partial charge in [-0.25, -0.2) is 0 Å². The summed E-state index contributed by atoms with van der Waals surface area (Å²) < 4.78 is 0. The van der Waals surface area contributed by atoms with E-state index in [0.717, 1.165) is 29.2 Å². The van der Waals surface area contributed by atoms with Crippen LogP contribution in [0.1, 0.15) is 43.6 Å². The van der Waals surface area contributed by atoms with E-state index in [1.54, 1.807) is 0 Å². The first kappa shape index (κ1) is 14.1. The number of hydrogen-bond acceptors (Lipinski definition) is 2. The Kier molecular flexibility index (Phi) is 4.22. The minimum Gasteiger partial charge on any atom is -0.391 e. The van der Waals surface area contributed by atoms with Crippen LogP contribution in [0.3, 0.4) is 0 Å². The second-order valence-electron chi connectivity index (χ2n) is 6.06. The number of rotatable bonds is 3. The van der Waals surface area contributed by atoms with Crippen molar-refractivity contribution in [2.75, 3.05) is 0 Å². The highest BCUT2D eigenvalue weighted by Crippen LogP contribution is 2.35. The summed E-state index contributed by atoms with van der Waals surface area (Å²) >= 11 is 0. The second-order valence-corrected chi connectivity index (χ2v) is 6.06. The summed E-state index contributed by atoms with van der Waals surface area (Å²) in [7, 11) is 0. The molecule has 0 radical (unpaired) electrons. The maximum absolute atomic E-state index is 10.7. The summed E-state index contributed by atoms with van der Waals surface area (Å²) in [5.41, 5.74) is 0.966. The van der Waals surface area contributed by atoms with E-state index in [9.17, 15) is 10.4 Å². The summed E-state index contributed by atoms with van der Waals surface area (Å²) in [6.45, 7) is 0. The van der Waals surface area contributed by atoms with Gasteiger partial charge < -0.3 is 5.11 Å². The van der Waals surface area contributed by atoms with E-state index in [1.807, 2.05) is 30.3 Å². The first-order chi connectivity index (χ1) is 10.3. The van der Waals surface area contributed by atoms with Gasteiger partial charge in [0.15, 0.2) is 0 Å². The fourth-order valence-corrected chi connectivity index (χ4v) is 3.60. The Morgan fingerprint density at radius 1 is 1.00 bits per heavy atom. The van der Waals surface area contributed by atoms with Crippen molar-refractivity contribution in [2.24, 2.45) is 5.92 Å². The lowest BCUT2D eigenvalue weighted by molar-refractivity contribution is 0.0747. The molecule has 0 heterocycles. The highest BCUT2D eigenvalue weighted by Gasteiger charge is 2.30. The molecule has 0 bridgehead atoms. The second kappa shape index (κ2) is 6.28. The molecule has 2 atom stereocenters. The molecular weight excluding hydrogens is 258 g/mol. The van der Waals surface area contributed by atoms with Crippen LogP contribution in [0.4, 0.5) is 0 Å². The monoisotopic (exact) mass is 279 g/mol. The minimum atomic E-state index is -0.555. The van der Waals surface area contributed by atoms with Crippen LogP contribution in [0.15, 0.2) is 42.5 Å². The molecule has 2 aromatic carbocycles. The topological polar surface area (TPSA) is 44.0 Å². The van der Waals surface area contributed by atoms with Gasteiger partial charge >= 0.3 is 0 Å². The molecule has 1 fully saturated rings. The van der Waals surface area contributed by atoms with E-state index in [-0.39, 0.29) is 5.92 Å². The molecule has 0 spiro atoms. The van der Waals surface area contributed by atoms with Gasteiger partial charge in [-0.3, -0.25) is 0 Å². The molecule has 1 aliphatic carbocycles. The van der Waals surface area contributed by atoms with Gasteiger partial charge in [0.1, 0.15) is 0 Å². The Morgan fingerprint density at radius 3 is 2.48 bits per heavy atom. The molecule has 1 aliphatic rings. The molecule has 0 amide bonds. The summed E-state index contributed by atoms with van der Waals surface area (Å²) in [5, 5.41) is 22.6. The van der Waals surface area contributed by atoms with E-state index in [0.29, 0.717) is 0 Å². The number of fused-ring (bicyclic) bond motifs is 1. The van der Waals surface area contributed by atoms with Crippen LogP contribution in [0.2, 0.25) is 0 Å². The van der Waals surface area contributed by atoms with Gasteiger partial charge in [0.05, 0.1) is 18.1 Å². The van der Waals surface area contributed by atoms with Crippen LogP contribution >= 0.6 is 0 Å². The summed E-state index contributed by atoms with van der Waals surface area (Å²) in [6, 6.07) is 16.5. The third-order valence-electron chi connectivity index (χ3n) is 4.77. The lowest BCUT2D eigenvalue weighted by atomic mass is 9.78. The number of nitriles is 1. The van der Waals surface area contributed by atoms with E-state index in [2.05, 4.69) is 18.2 Å². The SMILES string of the molecule is N#C[C@H](c1cccc2ccccc12)[C@H](O)C1CCCCC1. The quantitative estimate of drug-likeness (QED) is 0.905. The Hall–Kier alpha value is -1.85. The molecule has 0 saturated heterocycles. The smallest absolute Gasteiger partial charge is 0.0980 e. The van der Waals surface area contributed by atoms with Gasteiger partial charge in [-0.15, -0.1) is 0 Å². The summed E-state index contributed by atoms with van der Waals surface area (Å²) in [4.78, 5) is 0. The van der Waals surface area contributed by atoms with Crippen LogP contribution in [0.5, 0.6) is 0 Å². The summed E-state index contributed by atoms with van der Waals surface area (Å²) in [6.07, 6.45) is 5.15. The van der Waals surface area contributed by atoms with Crippen LogP contribution in [-0.4, -0.2) is 11.2 Å².